The Morgan fingerprint density at radius 3 is 2.69 bits per heavy atom. The number of carbonyl (C=O) groups excluding carboxylic acids is 1. The molecule has 0 bridgehead atoms. The monoisotopic (exact) mass is 393 g/mol. The highest BCUT2D eigenvalue weighted by molar-refractivity contribution is 5.79. The van der Waals surface area contributed by atoms with Gasteiger partial charge in [-0.05, 0) is 36.6 Å². The average molecular weight is 393 g/mol. The van der Waals surface area contributed by atoms with Crippen LogP contribution in [-0.2, 0) is 11.2 Å². The van der Waals surface area contributed by atoms with Crippen LogP contribution in [0.4, 0.5) is 0 Å². The molecule has 0 radical (unpaired) electrons. The smallest absolute Gasteiger partial charge is 0.249 e. The van der Waals surface area contributed by atoms with Crippen LogP contribution in [0.2, 0.25) is 0 Å². The topological polar surface area (TPSA) is 77.7 Å². The van der Waals surface area contributed by atoms with Crippen LogP contribution in [-0.4, -0.2) is 41.7 Å². The Morgan fingerprint density at radius 2 is 1.93 bits per heavy atom. The molecule has 1 fully saturated rings. The molecule has 1 aliphatic rings. The number of carbonyl (C=O) groups is 1. The molecule has 0 saturated carbocycles. The van der Waals surface area contributed by atoms with E-state index >= 15 is 0 Å². The van der Waals surface area contributed by atoms with Crippen LogP contribution < -0.4 is 9.47 Å². The molecule has 0 spiro atoms. The van der Waals surface area contributed by atoms with Crippen molar-refractivity contribution in [2.45, 2.75) is 25.3 Å². The maximum absolute atomic E-state index is 12.8. The van der Waals surface area contributed by atoms with E-state index in [1.165, 1.54) is 0 Å². The van der Waals surface area contributed by atoms with Gasteiger partial charge >= 0.3 is 0 Å². The summed E-state index contributed by atoms with van der Waals surface area (Å²) in [6.45, 7) is 0.699. The number of likely N-dealkylation sites (tertiary alicyclic amines) is 1. The summed E-state index contributed by atoms with van der Waals surface area (Å²) in [5.74, 6) is 2.23. The summed E-state index contributed by atoms with van der Waals surface area (Å²) in [7, 11) is 3.17. The van der Waals surface area contributed by atoms with Gasteiger partial charge in [0.2, 0.25) is 17.6 Å². The van der Waals surface area contributed by atoms with Gasteiger partial charge in [-0.15, -0.1) is 0 Å². The molecule has 0 aliphatic carbocycles. The molecule has 1 amide bonds. The molecule has 4 rings (SSSR count). The molecule has 0 unspecified atom stereocenters. The lowest BCUT2D eigenvalue weighted by Gasteiger charge is -2.21. The number of aromatic nitrogens is 2. The summed E-state index contributed by atoms with van der Waals surface area (Å²) >= 11 is 0. The van der Waals surface area contributed by atoms with Crippen molar-refractivity contribution in [2.24, 2.45) is 0 Å². The number of ether oxygens (including phenoxy) is 2. The fraction of sp³-hybridized carbons (Fsp3) is 0.318. The number of methoxy groups -OCH3 is 2. The predicted molar refractivity (Wildman–Crippen MR) is 107 cm³/mol. The average Bonchev–Trinajstić information content (AvgIpc) is 3.43. The van der Waals surface area contributed by atoms with E-state index in [9.17, 15) is 4.79 Å². The van der Waals surface area contributed by atoms with Gasteiger partial charge in [-0.3, -0.25) is 4.79 Å². The number of hydrogen-bond donors (Lipinski definition) is 0. The van der Waals surface area contributed by atoms with Gasteiger partial charge in [-0.1, -0.05) is 35.5 Å². The van der Waals surface area contributed by atoms with E-state index in [0.717, 1.165) is 24.0 Å². The zero-order valence-corrected chi connectivity index (χ0v) is 16.5. The highest BCUT2D eigenvalue weighted by Gasteiger charge is 2.34. The summed E-state index contributed by atoms with van der Waals surface area (Å²) in [4.78, 5) is 19.2. The molecular weight excluding hydrogens is 370 g/mol. The van der Waals surface area contributed by atoms with E-state index in [1.54, 1.807) is 26.4 Å². The maximum Gasteiger partial charge on any atom is 0.249 e. The van der Waals surface area contributed by atoms with Crippen LogP contribution in [0.5, 0.6) is 11.5 Å². The van der Waals surface area contributed by atoms with Crippen LogP contribution in [0.3, 0.4) is 0 Å². The van der Waals surface area contributed by atoms with Crippen LogP contribution in [0.25, 0.3) is 11.4 Å². The zero-order valence-electron chi connectivity index (χ0n) is 16.5. The molecule has 1 saturated heterocycles. The summed E-state index contributed by atoms with van der Waals surface area (Å²) in [6.07, 6.45) is 2.10. The molecule has 7 heteroatoms. The van der Waals surface area contributed by atoms with Gasteiger partial charge in [0.15, 0.2) is 11.5 Å². The van der Waals surface area contributed by atoms with Crippen molar-refractivity contribution in [3.63, 3.8) is 0 Å². The summed E-state index contributed by atoms with van der Waals surface area (Å²) < 4.78 is 16.2. The molecule has 3 aromatic rings. The van der Waals surface area contributed by atoms with Gasteiger partial charge in [-0.2, -0.15) is 4.98 Å². The van der Waals surface area contributed by atoms with Crippen molar-refractivity contribution in [3.8, 4) is 22.9 Å². The number of benzene rings is 2. The summed E-state index contributed by atoms with van der Waals surface area (Å²) in [5, 5.41) is 4.12. The Balaban J connectivity index is 1.53. The Hall–Kier alpha value is -3.35. The number of amides is 1. The van der Waals surface area contributed by atoms with Crippen LogP contribution in [0.15, 0.2) is 53.1 Å². The third-order valence-corrected chi connectivity index (χ3v) is 5.14. The molecule has 1 atom stereocenters. The second-order valence-electron chi connectivity index (χ2n) is 6.93. The van der Waals surface area contributed by atoms with Crippen molar-refractivity contribution in [2.75, 3.05) is 20.8 Å². The van der Waals surface area contributed by atoms with Crippen LogP contribution in [0, 0.1) is 0 Å². The van der Waals surface area contributed by atoms with Crippen molar-refractivity contribution >= 4 is 5.91 Å². The first-order valence-corrected chi connectivity index (χ1v) is 9.59. The third-order valence-electron chi connectivity index (χ3n) is 5.14. The first kappa shape index (κ1) is 19.0. The Labute approximate surface area is 169 Å². The molecule has 1 aromatic heterocycles. The van der Waals surface area contributed by atoms with Crippen molar-refractivity contribution in [1.82, 2.24) is 15.0 Å². The number of hydrogen-bond acceptors (Lipinski definition) is 6. The SMILES string of the molecule is COc1ccc(-c2noc([C@H]3CCCN3C(=O)Cc3ccccc3)n2)cc1OC. The molecule has 29 heavy (non-hydrogen) atoms. The fourth-order valence-corrected chi connectivity index (χ4v) is 3.66. The Kier molecular flexibility index (Phi) is 5.46. The third kappa shape index (κ3) is 3.94. The van der Waals surface area contributed by atoms with Crippen LogP contribution in [0.1, 0.15) is 30.3 Å². The van der Waals surface area contributed by atoms with E-state index in [4.69, 9.17) is 14.0 Å². The second-order valence-corrected chi connectivity index (χ2v) is 6.93. The van der Waals surface area contributed by atoms with Crippen molar-refractivity contribution in [1.29, 1.82) is 0 Å². The van der Waals surface area contributed by atoms with E-state index < -0.39 is 0 Å². The minimum atomic E-state index is -0.187. The lowest BCUT2D eigenvalue weighted by molar-refractivity contribution is -0.131. The first-order chi connectivity index (χ1) is 14.2. The normalized spacial score (nSPS) is 16.1. The number of nitrogens with zero attached hydrogens (tertiary/aromatic N) is 3. The molecule has 1 aliphatic heterocycles. The molecule has 150 valence electrons. The van der Waals surface area contributed by atoms with E-state index in [2.05, 4.69) is 10.1 Å². The zero-order chi connectivity index (χ0) is 20.2. The number of rotatable bonds is 6. The van der Waals surface area contributed by atoms with Gasteiger partial charge in [0.1, 0.15) is 6.04 Å². The molecular formula is C22H23N3O4. The Bertz CT molecular complexity index is 987. The fourth-order valence-electron chi connectivity index (χ4n) is 3.66. The van der Waals surface area contributed by atoms with E-state index in [1.807, 2.05) is 41.3 Å². The van der Waals surface area contributed by atoms with Gasteiger partial charge in [0, 0.05) is 12.1 Å². The predicted octanol–water partition coefficient (Wildman–Crippen LogP) is 3.66. The van der Waals surface area contributed by atoms with Gasteiger partial charge < -0.3 is 18.9 Å². The van der Waals surface area contributed by atoms with Crippen molar-refractivity contribution in [3.05, 3.63) is 60.0 Å². The molecule has 2 aromatic carbocycles. The summed E-state index contributed by atoms with van der Waals surface area (Å²) in [6, 6.07) is 15.0. The minimum absolute atomic E-state index is 0.0737. The lowest BCUT2D eigenvalue weighted by Crippen LogP contribution is -2.32. The lowest BCUT2D eigenvalue weighted by atomic mass is 10.1. The van der Waals surface area contributed by atoms with Gasteiger partial charge in [-0.25, -0.2) is 0 Å². The highest BCUT2D eigenvalue weighted by Crippen LogP contribution is 2.34. The van der Waals surface area contributed by atoms with Gasteiger partial charge in [0.25, 0.3) is 0 Å². The van der Waals surface area contributed by atoms with Crippen LogP contribution >= 0.6 is 0 Å². The Morgan fingerprint density at radius 1 is 1.14 bits per heavy atom. The van der Waals surface area contributed by atoms with E-state index in [-0.39, 0.29) is 11.9 Å². The largest absolute Gasteiger partial charge is 0.493 e. The first-order valence-electron chi connectivity index (χ1n) is 9.59. The molecule has 7 nitrogen and oxygen atoms in total. The second kappa shape index (κ2) is 8.34. The maximum atomic E-state index is 12.8. The minimum Gasteiger partial charge on any atom is -0.493 e. The quantitative estimate of drug-likeness (QED) is 0.636. The standard InChI is InChI=1S/C22H23N3O4/c1-27-18-11-10-16(14-19(18)28-2)21-23-22(29-24-21)17-9-6-12-25(17)20(26)13-15-7-4-3-5-8-15/h3-5,7-8,10-11,14,17H,6,9,12-13H2,1-2H3/t17-/m1/s1. The van der Waals surface area contributed by atoms with Crippen molar-refractivity contribution < 1.29 is 18.8 Å². The molecule has 0 N–H and O–H groups in total. The van der Waals surface area contributed by atoms with E-state index in [0.29, 0.717) is 36.2 Å². The summed E-state index contributed by atoms with van der Waals surface area (Å²) in [5.41, 5.74) is 1.76. The van der Waals surface area contributed by atoms with Gasteiger partial charge in [0.05, 0.1) is 20.6 Å². The molecule has 2 heterocycles. The highest BCUT2D eigenvalue weighted by atomic mass is 16.5.